The van der Waals surface area contributed by atoms with Gasteiger partial charge in [0.1, 0.15) is 10.8 Å². The van der Waals surface area contributed by atoms with Crippen molar-refractivity contribution < 1.29 is 5.11 Å². The summed E-state index contributed by atoms with van der Waals surface area (Å²) in [6.07, 6.45) is 1.11. The van der Waals surface area contributed by atoms with Crippen LogP contribution in [0.4, 0.5) is 0 Å². The molecule has 0 radical (unpaired) electrons. The molecule has 0 saturated carbocycles. The Morgan fingerprint density at radius 1 is 1.31 bits per heavy atom. The predicted molar refractivity (Wildman–Crippen MR) is 73.3 cm³/mol. The fourth-order valence-electron chi connectivity index (χ4n) is 1.04. The van der Waals surface area contributed by atoms with Crippen LogP contribution in [0.25, 0.3) is 0 Å². The van der Waals surface area contributed by atoms with E-state index in [1.54, 1.807) is 11.8 Å². The maximum atomic E-state index is 9.42. The number of halogens is 3. The fraction of sp³-hybridized carbons (Fsp3) is 0.455. The van der Waals surface area contributed by atoms with E-state index in [2.05, 4.69) is 13.8 Å². The first kappa shape index (κ1) is 14.3. The summed E-state index contributed by atoms with van der Waals surface area (Å²) in [5.41, 5.74) is 0. The van der Waals surface area contributed by atoms with E-state index in [-0.39, 0.29) is 10.8 Å². The topological polar surface area (TPSA) is 20.2 Å². The molecule has 1 aromatic rings. The van der Waals surface area contributed by atoms with Crippen LogP contribution >= 0.6 is 46.6 Å². The Balaban J connectivity index is 2.92. The Bertz CT molecular complexity index is 382. The molecule has 16 heavy (non-hydrogen) atoms. The van der Waals surface area contributed by atoms with Gasteiger partial charge in [0.2, 0.25) is 0 Å². The monoisotopic (exact) mass is 298 g/mol. The Kier molecular flexibility index (Phi) is 5.58. The Morgan fingerprint density at radius 3 is 2.50 bits per heavy atom. The lowest BCUT2D eigenvalue weighted by Gasteiger charge is -2.12. The number of phenols is 1. The highest BCUT2D eigenvalue weighted by molar-refractivity contribution is 7.99. The molecular formula is C11H13Cl3OS. The average Bonchev–Trinajstić information content (AvgIpc) is 2.25. The number of phenolic OH excluding ortho intramolecular Hbond substituents is 1. The molecule has 1 nitrogen and oxygen atoms in total. The van der Waals surface area contributed by atoms with Gasteiger partial charge >= 0.3 is 0 Å². The molecule has 0 heterocycles. The van der Waals surface area contributed by atoms with Crippen molar-refractivity contribution in [2.75, 3.05) is 5.75 Å². The van der Waals surface area contributed by atoms with Crippen LogP contribution < -0.4 is 0 Å². The highest BCUT2D eigenvalue weighted by Crippen LogP contribution is 2.43. The second-order valence-electron chi connectivity index (χ2n) is 3.66. The molecule has 1 unspecified atom stereocenters. The third kappa shape index (κ3) is 3.36. The Labute approximate surface area is 115 Å². The molecule has 0 saturated heterocycles. The van der Waals surface area contributed by atoms with Crippen LogP contribution in [-0.4, -0.2) is 10.9 Å². The summed E-state index contributed by atoms with van der Waals surface area (Å²) in [6.45, 7) is 4.30. The third-order valence-corrected chi connectivity index (χ3v) is 5.13. The summed E-state index contributed by atoms with van der Waals surface area (Å²) in [7, 11) is 0. The van der Waals surface area contributed by atoms with Crippen LogP contribution in [0.2, 0.25) is 15.1 Å². The van der Waals surface area contributed by atoms with Gasteiger partial charge in [0.15, 0.2) is 0 Å². The molecular weight excluding hydrogens is 287 g/mol. The van der Waals surface area contributed by atoms with Gasteiger partial charge in [-0.3, -0.25) is 0 Å². The zero-order valence-corrected chi connectivity index (χ0v) is 12.1. The highest BCUT2D eigenvalue weighted by atomic mass is 35.5. The Hall–Kier alpha value is 0.240. The van der Waals surface area contributed by atoms with Gasteiger partial charge in [0.25, 0.3) is 0 Å². The molecule has 1 aromatic carbocycles. The minimum atomic E-state index is -0.0791. The van der Waals surface area contributed by atoms with Gasteiger partial charge in [0, 0.05) is 16.7 Å². The number of benzene rings is 1. The van der Waals surface area contributed by atoms with Crippen molar-refractivity contribution in [3.8, 4) is 5.75 Å². The molecule has 0 fully saturated rings. The largest absolute Gasteiger partial charge is 0.506 e. The summed E-state index contributed by atoms with van der Waals surface area (Å²) in [6, 6.07) is 1.43. The van der Waals surface area contributed by atoms with Crippen LogP contribution in [0.5, 0.6) is 5.75 Å². The zero-order valence-electron chi connectivity index (χ0n) is 9.06. The van der Waals surface area contributed by atoms with Crippen molar-refractivity contribution in [2.24, 2.45) is 5.92 Å². The predicted octanol–water partition coefficient (Wildman–Crippen LogP) is 5.49. The van der Waals surface area contributed by atoms with Crippen molar-refractivity contribution in [1.82, 2.24) is 0 Å². The van der Waals surface area contributed by atoms with Crippen LogP contribution in [-0.2, 0) is 0 Å². The normalized spacial score (nSPS) is 12.8. The molecule has 0 aliphatic rings. The zero-order chi connectivity index (χ0) is 12.3. The first-order chi connectivity index (χ1) is 7.47. The van der Waals surface area contributed by atoms with E-state index in [0.717, 1.165) is 17.1 Å². The van der Waals surface area contributed by atoms with Gasteiger partial charge in [-0.1, -0.05) is 55.1 Å². The highest BCUT2D eigenvalue weighted by Gasteiger charge is 2.15. The Morgan fingerprint density at radius 2 is 1.94 bits per heavy atom. The van der Waals surface area contributed by atoms with E-state index in [1.165, 1.54) is 6.07 Å². The minimum absolute atomic E-state index is 0.0791. The van der Waals surface area contributed by atoms with Crippen molar-refractivity contribution >= 4 is 46.6 Å². The maximum absolute atomic E-state index is 9.42. The molecule has 0 aliphatic carbocycles. The number of aromatic hydroxyl groups is 1. The summed E-state index contributed by atoms with van der Waals surface area (Å²) in [5.74, 6) is 1.44. The van der Waals surface area contributed by atoms with E-state index in [1.807, 2.05) is 0 Å². The summed E-state index contributed by atoms with van der Waals surface area (Å²) < 4.78 is 0. The second kappa shape index (κ2) is 6.25. The minimum Gasteiger partial charge on any atom is -0.506 e. The van der Waals surface area contributed by atoms with Crippen LogP contribution in [0.1, 0.15) is 20.3 Å². The molecule has 0 aliphatic heterocycles. The smallest absolute Gasteiger partial charge is 0.137 e. The van der Waals surface area contributed by atoms with Gasteiger partial charge in [0.05, 0.1) is 10.0 Å². The lowest BCUT2D eigenvalue weighted by molar-refractivity contribution is 0.475. The average molecular weight is 300 g/mol. The molecule has 1 rings (SSSR count). The number of thioether (sulfide) groups is 1. The van der Waals surface area contributed by atoms with Gasteiger partial charge < -0.3 is 5.11 Å². The molecule has 5 heteroatoms. The van der Waals surface area contributed by atoms with E-state index >= 15 is 0 Å². The molecule has 1 atom stereocenters. The molecule has 0 bridgehead atoms. The number of hydrogen-bond acceptors (Lipinski definition) is 2. The molecule has 0 amide bonds. The summed E-state index contributed by atoms with van der Waals surface area (Å²) >= 11 is 19.5. The van der Waals surface area contributed by atoms with Crippen LogP contribution in [0.15, 0.2) is 11.0 Å². The first-order valence-corrected chi connectivity index (χ1v) is 7.08. The maximum Gasteiger partial charge on any atom is 0.137 e. The third-order valence-electron chi connectivity index (χ3n) is 2.31. The van der Waals surface area contributed by atoms with E-state index in [0.29, 0.717) is 16.0 Å². The molecule has 0 spiro atoms. The SMILES string of the molecule is CCC(C)CSc1c(Cl)cc(O)c(Cl)c1Cl. The van der Waals surface area contributed by atoms with Gasteiger partial charge in [-0.25, -0.2) is 0 Å². The van der Waals surface area contributed by atoms with Crippen molar-refractivity contribution in [3.63, 3.8) is 0 Å². The van der Waals surface area contributed by atoms with Crippen molar-refractivity contribution in [3.05, 3.63) is 21.1 Å². The van der Waals surface area contributed by atoms with Crippen LogP contribution in [0.3, 0.4) is 0 Å². The van der Waals surface area contributed by atoms with Gasteiger partial charge in [-0.2, -0.15) is 0 Å². The van der Waals surface area contributed by atoms with E-state index in [4.69, 9.17) is 34.8 Å². The number of hydrogen-bond donors (Lipinski definition) is 1. The second-order valence-corrected chi connectivity index (χ2v) is 5.85. The number of rotatable bonds is 4. The van der Waals surface area contributed by atoms with E-state index < -0.39 is 0 Å². The molecule has 90 valence electrons. The summed E-state index contributed by atoms with van der Waals surface area (Å²) in [5, 5.41) is 10.4. The first-order valence-electron chi connectivity index (χ1n) is 4.96. The van der Waals surface area contributed by atoms with Crippen molar-refractivity contribution in [1.29, 1.82) is 0 Å². The quantitative estimate of drug-likeness (QED) is 0.586. The molecule has 1 N–H and O–H groups in total. The lowest BCUT2D eigenvalue weighted by Crippen LogP contribution is -1.95. The fourth-order valence-corrected chi connectivity index (χ4v) is 3.13. The van der Waals surface area contributed by atoms with Crippen molar-refractivity contribution in [2.45, 2.75) is 25.2 Å². The molecule has 0 aromatic heterocycles. The summed E-state index contributed by atoms with van der Waals surface area (Å²) in [4.78, 5) is 0.742. The van der Waals surface area contributed by atoms with Gasteiger partial charge in [-0.05, 0) is 5.92 Å². The lowest BCUT2D eigenvalue weighted by atomic mass is 10.2. The van der Waals surface area contributed by atoms with E-state index in [9.17, 15) is 5.11 Å². The standard InChI is InChI=1S/C11H13Cl3OS/c1-3-6(2)5-16-11-7(12)4-8(15)9(13)10(11)14/h4,6,15H,3,5H2,1-2H3. The van der Waals surface area contributed by atoms with Gasteiger partial charge in [-0.15, -0.1) is 11.8 Å². The van der Waals surface area contributed by atoms with Crippen LogP contribution in [0, 0.1) is 5.92 Å².